The highest BCUT2D eigenvalue weighted by atomic mass is 16.6. The highest BCUT2D eigenvalue weighted by Gasteiger charge is 2.15. The summed E-state index contributed by atoms with van der Waals surface area (Å²) in [6, 6.07) is 0. The van der Waals surface area contributed by atoms with Gasteiger partial charge in [0.05, 0.1) is 13.3 Å². The number of ether oxygens (including phenoxy) is 1. The van der Waals surface area contributed by atoms with Crippen molar-refractivity contribution in [2.24, 2.45) is 0 Å². The zero-order valence-corrected chi connectivity index (χ0v) is 9.78. The largest absolute Gasteiger partial charge is 0.364 e. The first-order chi connectivity index (χ1) is 7.09. The fourth-order valence-electron chi connectivity index (χ4n) is 1.60. The number of nitrogens with zero attached hydrogens (tertiary/aromatic N) is 2. The monoisotopic (exact) mass is 214 g/mol. The quantitative estimate of drug-likeness (QED) is 0.397. The molecule has 1 saturated heterocycles. The van der Waals surface area contributed by atoms with E-state index in [1.165, 1.54) is 0 Å². The van der Waals surface area contributed by atoms with E-state index in [4.69, 9.17) is 4.74 Å². The Morgan fingerprint density at radius 1 is 1.53 bits per heavy atom. The lowest BCUT2D eigenvalue weighted by Gasteiger charge is -2.16. The van der Waals surface area contributed by atoms with Gasteiger partial charge >= 0.3 is 0 Å². The Morgan fingerprint density at radius 3 is 2.80 bits per heavy atom. The minimum absolute atomic E-state index is 0.592. The Hall–Kier alpha value is -0.420. The van der Waals surface area contributed by atoms with Crippen LogP contribution in [0.25, 0.3) is 0 Å². The SMILES string of the molecule is C=C(C)C(O)OCCCN1CCN(C)C1. The van der Waals surface area contributed by atoms with Crippen molar-refractivity contribution in [3.63, 3.8) is 0 Å². The number of rotatable bonds is 6. The van der Waals surface area contributed by atoms with Gasteiger partial charge in [0.1, 0.15) is 0 Å². The van der Waals surface area contributed by atoms with Crippen LogP contribution in [0.1, 0.15) is 13.3 Å². The molecule has 1 rings (SSSR count). The molecule has 1 unspecified atom stereocenters. The second-order valence-corrected chi connectivity index (χ2v) is 4.26. The average molecular weight is 214 g/mol. The van der Waals surface area contributed by atoms with Gasteiger partial charge in [0.2, 0.25) is 0 Å². The zero-order chi connectivity index (χ0) is 11.3. The Kier molecular flexibility index (Phi) is 5.25. The van der Waals surface area contributed by atoms with Crippen LogP contribution < -0.4 is 0 Å². The first-order valence-electron chi connectivity index (χ1n) is 5.45. The maximum absolute atomic E-state index is 9.32. The summed E-state index contributed by atoms with van der Waals surface area (Å²) in [6.45, 7) is 10.4. The topological polar surface area (TPSA) is 35.9 Å². The summed E-state index contributed by atoms with van der Waals surface area (Å²) in [5.41, 5.74) is 0.663. The van der Waals surface area contributed by atoms with Crippen molar-refractivity contribution in [2.45, 2.75) is 19.6 Å². The molecule has 88 valence electrons. The molecule has 0 aromatic carbocycles. The van der Waals surface area contributed by atoms with Crippen LogP contribution in [-0.4, -0.2) is 61.2 Å². The van der Waals surface area contributed by atoms with E-state index in [0.29, 0.717) is 12.2 Å². The predicted octanol–water partition coefficient (Wildman–Crippen LogP) is 0.492. The molecule has 0 amide bonds. The third-order valence-corrected chi connectivity index (χ3v) is 2.56. The van der Waals surface area contributed by atoms with Gasteiger partial charge in [0, 0.05) is 19.6 Å². The van der Waals surface area contributed by atoms with Gasteiger partial charge in [-0.15, -0.1) is 0 Å². The molecule has 4 nitrogen and oxygen atoms in total. The summed E-state index contributed by atoms with van der Waals surface area (Å²) in [5.74, 6) is 0. The minimum atomic E-state index is -0.800. The van der Waals surface area contributed by atoms with Crippen LogP contribution in [0.4, 0.5) is 0 Å². The average Bonchev–Trinajstić information content (AvgIpc) is 2.58. The first-order valence-corrected chi connectivity index (χ1v) is 5.45. The number of hydrogen-bond donors (Lipinski definition) is 1. The van der Waals surface area contributed by atoms with E-state index in [2.05, 4.69) is 23.4 Å². The highest BCUT2D eigenvalue weighted by molar-refractivity contribution is 4.91. The van der Waals surface area contributed by atoms with E-state index in [-0.39, 0.29) is 0 Å². The molecule has 0 aromatic rings. The van der Waals surface area contributed by atoms with Crippen molar-refractivity contribution >= 4 is 0 Å². The number of likely N-dealkylation sites (N-methyl/N-ethyl adjacent to an activating group) is 1. The van der Waals surface area contributed by atoms with Crippen molar-refractivity contribution in [1.82, 2.24) is 9.80 Å². The Labute approximate surface area is 92.1 Å². The maximum Gasteiger partial charge on any atom is 0.176 e. The zero-order valence-electron chi connectivity index (χ0n) is 9.78. The summed E-state index contributed by atoms with van der Waals surface area (Å²) >= 11 is 0. The lowest BCUT2D eigenvalue weighted by Crippen LogP contribution is -2.25. The summed E-state index contributed by atoms with van der Waals surface area (Å²) in [4.78, 5) is 4.68. The Bertz CT molecular complexity index is 209. The number of aliphatic hydroxyl groups excluding tert-OH is 1. The smallest absolute Gasteiger partial charge is 0.176 e. The molecule has 1 heterocycles. The van der Waals surface area contributed by atoms with Gasteiger partial charge in [-0.1, -0.05) is 6.58 Å². The molecular formula is C11H22N2O2. The molecular weight excluding hydrogens is 192 g/mol. The number of hydrogen-bond acceptors (Lipinski definition) is 4. The summed E-state index contributed by atoms with van der Waals surface area (Å²) in [5, 5.41) is 9.32. The Balaban J connectivity index is 2.00. The molecule has 4 heteroatoms. The van der Waals surface area contributed by atoms with Crippen LogP contribution in [0.5, 0.6) is 0 Å². The highest BCUT2D eigenvalue weighted by Crippen LogP contribution is 2.04. The Morgan fingerprint density at radius 2 is 2.27 bits per heavy atom. The maximum atomic E-state index is 9.32. The minimum Gasteiger partial charge on any atom is -0.364 e. The van der Waals surface area contributed by atoms with Crippen LogP contribution >= 0.6 is 0 Å². The molecule has 1 aliphatic heterocycles. The van der Waals surface area contributed by atoms with Crippen molar-refractivity contribution < 1.29 is 9.84 Å². The fraction of sp³-hybridized carbons (Fsp3) is 0.818. The third kappa shape index (κ3) is 4.75. The van der Waals surface area contributed by atoms with Crippen LogP contribution in [0.3, 0.4) is 0 Å². The van der Waals surface area contributed by atoms with Gasteiger partial charge < -0.3 is 9.84 Å². The van der Waals surface area contributed by atoms with Crippen molar-refractivity contribution in [2.75, 3.05) is 40.0 Å². The molecule has 0 aliphatic carbocycles. The van der Waals surface area contributed by atoms with Gasteiger partial charge in [-0.25, -0.2) is 0 Å². The lowest BCUT2D eigenvalue weighted by molar-refractivity contribution is -0.0735. The molecule has 1 fully saturated rings. The summed E-state index contributed by atoms with van der Waals surface area (Å²) in [7, 11) is 2.13. The standard InChI is InChI=1S/C11H22N2O2/c1-10(2)11(14)15-8-4-5-13-7-6-12(3)9-13/h11,14H,1,4-9H2,2-3H3. The van der Waals surface area contributed by atoms with Crippen LogP contribution in [0.2, 0.25) is 0 Å². The molecule has 0 aromatic heterocycles. The fourth-order valence-corrected chi connectivity index (χ4v) is 1.60. The molecule has 1 aliphatic rings. The van der Waals surface area contributed by atoms with E-state index in [1.807, 2.05) is 0 Å². The van der Waals surface area contributed by atoms with Crippen molar-refractivity contribution in [3.05, 3.63) is 12.2 Å². The third-order valence-electron chi connectivity index (χ3n) is 2.56. The molecule has 0 bridgehead atoms. The second kappa shape index (κ2) is 6.23. The van der Waals surface area contributed by atoms with E-state index < -0.39 is 6.29 Å². The molecule has 1 N–H and O–H groups in total. The molecule has 0 spiro atoms. The predicted molar refractivity (Wildman–Crippen MR) is 60.5 cm³/mol. The van der Waals surface area contributed by atoms with Gasteiger partial charge in [0.15, 0.2) is 6.29 Å². The molecule has 0 saturated carbocycles. The van der Waals surface area contributed by atoms with E-state index in [1.54, 1.807) is 6.92 Å². The van der Waals surface area contributed by atoms with Crippen LogP contribution in [0, 0.1) is 0 Å². The van der Waals surface area contributed by atoms with Gasteiger partial charge in [0.25, 0.3) is 0 Å². The summed E-state index contributed by atoms with van der Waals surface area (Å²) in [6.07, 6.45) is 0.157. The molecule has 0 radical (unpaired) electrons. The van der Waals surface area contributed by atoms with Gasteiger partial charge in [-0.3, -0.25) is 9.80 Å². The van der Waals surface area contributed by atoms with Gasteiger partial charge in [-0.2, -0.15) is 0 Å². The molecule has 1 atom stereocenters. The second-order valence-electron chi connectivity index (χ2n) is 4.26. The lowest BCUT2D eigenvalue weighted by atomic mass is 10.3. The van der Waals surface area contributed by atoms with E-state index in [0.717, 1.165) is 32.7 Å². The van der Waals surface area contributed by atoms with Gasteiger partial charge in [-0.05, 0) is 26.0 Å². The van der Waals surface area contributed by atoms with E-state index in [9.17, 15) is 5.11 Å². The first kappa shape index (κ1) is 12.6. The van der Waals surface area contributed by atoms with Crippen LogP contribution in [-0.2, 0) is 4.74 Å². The van der Waals surface area contributed by atoms with Crippen molar-refractivity contribution in [1.29, 1.82) is 0 Å². The molecule has 15 heavy (non-hydrogen) atoms. The number of aliphatic hydroxyl groups is 1. The van der Waals surface area contributed by atoms with E-state index >= 15 is 0 Å². The normalized spacial score (nSPS) is 20.7. The van der Waals surface area contributed by atoms with Crippen molar-refractivity contribution in [3.8, 4) is 0 Å². The van der Waals surface area contributed by atoms with Crippen LogP contribution in [0.15, 0.2) is 12.2 Å². The summed E-state index contributed by atoms with van der Waals surface area (Å²) < 4.78 is 5.21.